The van der Waals surface area contributed by atoms with Crippen molar-refractivity contribution in [2.45, 2.75) is 24.2 Å². The van der Waals surface area contributed by atoms with E-state index in [1.807, 2.05) is 36.4 Å². The van der Waals surface area contributed by atoms with Gasteiger partial charge in [0.05, 0.1) is 29.5 Å². The van der Waals surface area contributed by atoms with Crippen molar-refractivity contribution in [1.82, 2.24) is 4.31 Å². The number of morpholine rings is 1. The predicted octanol–water partition coefficient (Wildman–Crippen LogP) is 3.35. The van der Waals surface area contributed by atoms with Crippen LogP contribution >= 0.6 is 0 Å². The summed E-state index contributed by atoms with van der Waals surface area (Å²) in [5.74, 6) is -0.298. The Balaban J connectivity index is 1.61. The van der Waals surface area contributed by atoms with Gasteiger partial charge < -0.3 is 15.0 Å². The molecular weight excluding hydrogens is 426 g/mol. The van der Waals surface area contributed by atoms with Gasteiger partial charge in [-0.05, 0) is 49.1 Å². The van der Waals surface area contributed by atoms with Crippen LogP contribution in [-0.2, 0) is 19.6 Å². The number of anilines is 2. The SMILES string of the molecule is O=C(C=Cc1ccccc1)Nc1cc(S(=O)(=O)N2CCOCC2)ccc1N1CCCCC1. The van der Waals surface area contributed by atoms with Crippen LogP contribution in [0.3, 0.4) is 0 Å². The monoisotopic (exact) mass is 455 g/mol. The van der Waals surface area contributed by atoms with E-state index >= 15 is 0 Å². The summed E-state index contributed by atoms with van der Waals surface area (Å²) >= 11 is 0. The molecular formula is C24H29N3O4S. The number of benzene rings is 2. The van der Waals surface area contributed by atoms with Crippen LogP contribution < -0.4 is 10.2 Å². The van der Waals surface area contributed by atoms with Crippen molar-refractivity contribution in [2.75, 3.05) is 49.6 Å². The van der Waals surface area contributed by atoms with Crippen molar-refractivity contribution < 1.29 is 17.9 Å². The van der Waals surface area contributed by atoms with Crippen LogP contribution in [0.5, 0.6) is 0 Å². The molecule has 1 amide bonds. The van der Waals surface area contributed by atoms with Crippen LogP contribution in [0.4, 0.5) is 11.4 Å². The molecule has 2 aliphatic rings. The fraction of sp³-hybridized carbons (Fsp3) is 0.375. The second-order valence-electron chi connectivity index (χ2n) is 7.98. The van der Waals surface area contributed by atoms with Crippen molar-refractivity contribution in [3.8, 4) is 0 Å². The first-order valence-corrected chi connectivity index (χ1v) is 12.5. The maximum absolute atomic E-state index is 13.2. The largest absolute Gasteiger partial charge is 0.379 e. The van der Waals surface area contributed by atoms with Crippen molar-refractivity contribution in [1.29, 1.82) is 0 Å². The summed E-state index contributed by atoms with van der Waals surface area (Å²) in [4.78, 5) is 15.1. The van der Waals surface area contributed by atoms with Gasteiger partial charge in [0, 0.05) is 32.3 Å². The van der Waals surface area contributed by atoms with Gasteiger partial charge in [0.15, 0.2) is 0 Å². The molecule has 0 saturated carbocycles. The second kappa shape index (κ2) is 10.3. The van der Waals surface area contributed by atoms with Crippen LogP contribution in [0.1, 0.15) is 24.8 Å². The molecule has 4 rings (SSSR count). The molecule has 2 saturated heterocycles. The summed E-state index contributed by atoms with van der Waals surface area (Å²) in [5, 5.41) is 2.92. The van der Waals surface area contributed by atoms with Crippen LogP contribution in [0.2, 0.25) is 0 Å². The van der Waals surface area contributed by atoms with Crippen LogP contribution in [0.25, 0.3) is 6.08 Å². The summed E-state index contributed by atoms with van der Waals surface area (Å²) in [6.07, 6.45) is 6.55. The molecule has 32 heavy (non-hydrogen) atoms. The van der Waals surface area contributed by atoms with E-state index in [1.54, 1.807) is 18.2 Å². The molecule has 2 aromatic rings. The zero-order valence-corrected chi connectivity index (χ0v) is 18.9. The van der Waals surface area contributed by atoms with Gasteiger partial charge in [-0.25, -0.2) is 8.42 Å². The highest BCUT2D eigenvalue weighted by atomic mass is 32.2. The molecule has 0 aliphatic carbocycles. The summed E-state index contributed by atoms with van der Waals surface area (Å²) in [6, 6.07) is 14.6. The molecule has 8 heteroatoms. The molecule has 2 aliphatic heterocycles. The number of hydrogen-bond acceptors (Lipinski definition) is 5. The third-order valence-electron chi connectivity index (χ3n) is 5.76. The highest BCUT2D eigenvalue weighted by Gasteiger charge is 2.28. The number of amides is 1. The van der Waals surface area contributed by atoms with Crippen molar-refractivity contribution in [2.24, 2.45) is 0 Å². The zero-order chi connectivity index (χ0) is 22.4. The van der Waals surface area contributed by atoms with Gasteiger partial charge in [0.2, 0.25) is 15.9 Å². The minimum absolute atomic E-state index is 0.183. The van der Waals surface area contributed by atoms with Gasteiger partial charge in [-0.15, -0.1) is 0 Å². The molecule has 0 bridgehead atoms. The Morgan fingerprint density at radius 2 is 1.66 bits per heavy atom. The lowest BCUT2D eigenvalue weighted by Crippen LogP contribution is -2.40. The lowest BCUT2D eigenvalue weighted by atomic mass is 10.1. The van der Waals surface area contributed by atoms with Gasteiger partial charge in [-0.1, -0.05) is 30.3 Å². The predicted molar refractivity (Wildman–Crippen MR) is 126 cm³/mol. The Hall–Kier alpha value is -2.68. The Bertz CT molecular complexity index is 1060. The third-order valence-corrected chi connectivity index (χ3v) is 7.65. The quantitative estimate of drug-likeness (QED) is 0.676. The third kappa shape index (κ3) is 5.38. The Kier molecular flexibility index (Phi) is 7.24. The molecule has 0 aromatic heterocycles. The van der Waals surface area contributed by atoms with Crippen molar-refractivity contribution in [3.05, 3.63) is 60.2 Å². The number of nitrogens with zero attached hydrogens (tertiary/aromatic N) is 2. The standard InChI is InChI=1S/C24H29N3O4S/c28-24(12-9-20-7-3-1-4-8-20)25-22-19-21(32(29,30)27-15-17-31-18-16-27)10-11-23(22)26-13-5-2-6-14-26/h1,3-4,7-12,19H,2,5-6,13-18H2,(H,25,28). The lowest BCUT2D eigenvalue weighted by Gasteiger charge is -2.31. The van der Waals surface area contributed by atoms with E-state index in [-0.39, 0.29) is 10.8 Å². The average Bonchev–Trinajstić information content (AvgIpc) is 2.84. The second-order valence-corrected chi connectivity index (χ2v) is 9.91. The molecule has 2 heterocycles. The zero-order valence-electron chi connectivity index (χ0n) is 18.1. The van der Waals surface area contributed by atoms with E-state index in [2.05, 4.69) is 10.2 Å². The molecule has 170 valence electrons. The molecule has 2 fully saturated rings. The molecule has 2 aromatic carbocycles. The maximum atomic E-state index is 13.2. The van der Waals surface area contributed by atoms with Crippen molar-refractivity contribution in [3.63, 3.8) is 0 Å². The first-order chi connectivity index (χ1) is 15.5. The minimum Gasteiger partial charge on any atom is -0.379 e. The van der Waals surface area contributed by atoms with Gasteiger partial charge in [-0.2, -0.15) is 4.31 Å². The first-order valence-electron chi connectivity index (χ1n) is 11.0. The highest BCUT2D eigenvalue weighted by Crippen LogP contribution is 2.32. The fourth-order valence-corrected chi connectivity index (χ4v) is 5.47. The van der Waals surface area contributed by atoms with E-state index in [4.69, 9.17) is 4.74 Å². The molecule has 0 unspecified atom stereocenters. The average molecular weight is 456 g/mol. The summed E-state index contributed by atoms with van der Waals surface area (Å²) < 4.78 is 33.0. The number of ether oxygens (including phenoxy) is 1. The van der Waals surface area contributed by atoms with Gasteiger partial charge in [0.1, 0.15) is 0 Å². The molecule has 7 nitrogen and oxygen atoms in total. The van der Waals surface area contributed by atoms with E-state index in [1.165, 1.54) is 16.8 Å². The van der Waals surface area contributed by atoms with E-state index < -0.39 is 10.0 Å². The Morgan fingerprint density at radius 1 is 0.938 bits per heavy atom. The number of nitrogens with one attached hydrogen (secondary N) is 1. The topological polar surface area (TPSA) is 79.0 Å². The lowest BCUT2D eigenvalue weighted by molar-refractivity contribution is -0.111. The van der Waals surface area contributed by atoms with Gasteiger partial charge in [-0.3, -0.25) is 4.79 Å². The normalized spacial score (nSPS) is 18.1. The smallest absolute Gasteiger partial charge is 0.248 e. The number of hydrogen-bond donors (Lipinski definition) is 1. The fourth-order valence-electron chi connectivity index (χ4n) is 4.03. The van der Waals surface area contributed by atoms with E-state index in [0.717, 1.165) is 37.2 Å². The highest BCUT2D eigenvalue weighted by molar-refractivity contribution is 7.89. The van der Waals surface area contributed by atoms with E-state index in [0.29, 0.717) is 32.0 Å². The Labute approximate surface area is 189 Å². The molecule has 0 atom stereocenters. The minimum atomic E-state index is -3.66. The summed E-state index contributed by atoms with van der Waals surface area (Å²) in [7, 11) is -3.66. The Morgan fingerprint density at radius 3 is 2.38 bits per heavy atom. The van der Waals surface area contributed by atoms with Crippen LogP contribution in [-0.4, -0.2) is 58.0 Å². The van der Waals surface area contributed by atoms with Gasteiger partial charge in [0.25, 0.3) is 0 Å². The number of piperidine rings is 1. The molecule has 1 N–H and O–H groups in total. The number of sulfonamides is 1. The maximum Gasteiger partial charge on any atom is 0.248 e. The number of carbonyl (C=O) groups is 1. The van der Waals surface area contributed by atoms with Crippen LogP contribution in [0.15, 0.2) is 59.5 Å². The summed E-state index contributed by atoms with van der Waals surface area (Å²) in [5.41, 5.74) is 2.29. The van der Waals surface area contributed by atoms with Crippen LogP contribution in [0, 0.1) is 0 Å². The summed E-state index contributed by atoms with van der Waals surface area (Å²) in [6.45, 7) is 3.21. The number of rotatable bonds is 6. The number of carbonyl (C=O) groups excluding carboxylic acids is 1. The molecule has 0 spiro atoms. The molecule has 0 radical (unpaired) electrons. The van der Waals surface area contributed by atoms with Crippen molar-refractivity contribution >= 4 is 33.4 Å². The van der Waals surface area contributed by atoms with E-state index in [9.17, 15) is 13.2 Å². The first kappa shape index (κ1) is 22.5. The van der Waals surface area contributed by atoms with Gasteiger partial charge >= 0.3 is 0 Å².